The lowest BCUT2D eigenvalue weighted by Crippen LogP contribution is -2.19. The van der Waals surface area contributed by atoms with Crippen molar-refractivity contribution in [2.75, 3.05) is 0 Å². The van der Waals surface area contributed by atoms with Crippen molar-refractivity contribution in [2.45, 2.75) is 39.0 Å². The Bertz CT molecular complexity index is 356. The van der Waals surface area contributed by atoms with Crippen LogP contribution in [0.3, 0.4) is 0 Å². The Hall–Kier alpha value is 0.180. The first-order chi connectivity index (χ1) is 6.89. The van der Waals surface area contributed by atoms with Crippen molar-refractivity contribution >= 4 is 35.0 Å². The van der Waals surface area contributed by atoms with Gasteiger partial charge in [-0.15, -0.1) is 0 Å². The van der Waals surface area contributed by atoms with Crippen molar-refractivity contribution in [3.05, 3.63) is 27.8 Å². The van der Waals surface area contributed by atoms with E-state index < -0.39 is 7.14 Å². The van der Waals surface area contributed by atoms with Crippen LogP contribution in [0.25, 0.3) is 0 Å². The molecule has 84 valence electrons. The molecule has 0 aliphatic rings. The summed E-state index contributed by atoms with van der Waals surface area (Å²) in [5.41, 5.74) is 0.440. The summed E-state index contributed by atoms with van der Waals surface area (Å²) in [7, 11) is -2.24. The summed E-state index contributed by atoms with van der Waals surface area (Å²) in [5.74, 6) is 0. The maximum Gasteiger partial charge on any atom is 0.120 e. The first-order valence-corrected chi connectivity index (χ1v) is 8.17. The van der Waals surface area contributed by atoms with E-state index in [1.165, 1.54) is 3.57 Å². The fraction of sp³-hybridized carbons (Fsp3) is 0.500. The number of rotatable bonds is 3. The van der Waals surface area contributed by atoms with Crippen LogP contribution < -0.4 is 5.30 Å². The van der Waals surface area contributed by atoms with Crippen molar-refractivity contribution in [1.29, 1.82) is 0 Å². The molecule has 1 nitrogen and oxygen atoms in total. The molecule has 0 N–H and O–H groups in total. The summed E-state index contributed by atoms with van der Waals surface area (Å²) in [6.07, 6.45) is 0. The van der Waals surface area contributed by atoms with Crippen molar-refractivity contribution in [3.8, 4) is 0 Å². The number of hydrogen-bond acceptors (Lipinski definition) is 1. The van der Waals surface area contributed by atoms with Gasteiger partial charge in [-0.25, -0.2) is 0 Å². The van der Waals surface area contributed by atoms with E-state index >= 15 is 0 Å². The van der Waals surface area contributed by atoms with E-state index in [2.05, 4.69) is 50.3 Å². The lowest BCUT2D eigenvalue weighted by Gasteiger charge is -2.26. The van der Waals surface area contributed by atoms with Crippen molar-refractivity contribution < 1.29 is 4.57 Å². The molecule has 0 amide bonds. The molecule has 0 unspecified atom stereocenters. The molecule has 3 heteroatoms. The second-order valence-corrected chi connectivity index (χ2v) is 9.62. The molecule has 0 aromatic heterocycles. The largest absolute Gasteiger partial charge is 0.318 e. The minimum absolute atomic E-state index is 0.220. The Labute approximate surface area is 106 Å². The van der Waals surface area contributed by atoms with Gasteiger partial charge in [0.1, 0.15) is 7.14 Å². The van der Waals surface area contributed by atoms with Crippen LogP contribution >= 0.6 is 29.7 Å². The molecule has 1 aromatic rings. The normalized spacial score (nSPS) is 12.5. The van der Waals surface area contributed by atoms with E-state index in [4.69, 9.17) is 0 Å². The van der Waals surface area contributed by atoms with Gasteiger partial charge < -0.3 is 4.57 Å². The maximum absolute atomic E-state index is 12.9. The standard InChI is InChI=1S/C12H18IOP/c1-9(2)15(14,10(3)4)12-7-5-11(13)6-8-12/h5-10H,1-4H3. The molecule has 0 bridgehead atoms. The summed E-state index contributed by atoms with van der Waals surface area (Å²) in [6.45, 7) is 8.22. The minimum atomic E-state index is -2.24. The Morgan fingerprint density at radius 1 is 1.00 bits per heavy atom. The SMILES string of the molecule is CC(C)P(=O)(c1ccc(I)cc1)C(C)C. The molecular formula is C12H18IOP. The van der Waals surface area contributed by atoms with E-state index in [0.29, 0.717) is 0 Å². The first kappa shape index (κ1) is 13.2. The van der Waals surface area contributed by atoms with Gasteiger partial charge in [-0.3, -0.25) is 0 Å². The van der Waals surface area contributed by atoms with Crippen molar-refractivity contribution in [3.63, 3.8) is 0 Å². The highest BCUT2D eigenvalue weighted by Gasteiger charge is 2.31. The molecule has 0 radical (unpaired) electrons. The molecule has 0 fully saturated rings. The quantitative estimate of drug-likeness (QED) is 0.600. The van der Waals surface area contributed by atoms with Crippen LogP contribution in [0.2, 0.25) is 0 Å². The molecule has 1 rings (SSSR count). The molecule has 0 atom stereocenters. The number of hydrogen-bond donors (Lipinski definition) is 0. The Kier molecular flexibility index (Phi) is 4.42. The molecule has 0 spiro atoms. The molecule has 0 heterocycles. The van der Waals surface area contributed by atoms with E-state index in [1.807, 2.05) is 24.3 Å². The van der Waals surface area contributed by atoms with Gasteiger partial charge >= 0.3 is 0 Å². The van der Waals surface area contributed by atoms with Gasteiger partial charge in [-0.05, 0) is 34.7 Å². The summed E-state index contributed by atoms with van der Waals surface area (Å²) < 4.78 is 14.1. The van der Waals surface area contributed by atoms with E-state index in [0.717, 1.165) is 5.30 Å². The van der Waals surface area contributed by atoms with Gasteiger partial charge in [-0.1, -0.05) is 39.8 Å². The molecule has 0 aliphatic heterocycles. The summed E-state index contributed by atoms with van der Waals surface area (Å²) >= 11 is 2.27. The lowest BCUT2D eigenvalue weighted by molar-refractivity contribution is 0.569. The number of halogens is 1. The average Bonchev–Trinajstić information content (AvgIpc) is 2.17. The highest BCUT2D eigenvalue weighted by atomic mass is 127. The molecule has 0 saturated heterocycles. The highest BCUT2D eigenvalue weighted by molar-refractivity contribution is 14.1. The van der Waals surface area contributed by atoms with Crippen molar-refractivity contribution in [1.82, 2.24) is 0 Å². The summed E-state index contributed by atoms with van der Waals surface area (Å²) in [5, 5.41) is 1.02. The second-order valence-electron chi connectivity index (χ2n) is 4.37. The van der Waals surface area contributed by atoms with Gasteiger partial charge in [0.15, 0.2) is 0 Å². The Balaban J connectivity index is 3.22. The molecular weight excluding hydrogens is 318 g/mol. The van der Waals surface area contributed by atoms with Crippen LogP contribution in [0.5, 0.6) is 0 Å². The topological polar surface area (TPSA) is 17.1 Å². The van der Waals surface area contributed by atoms with Gasteiger partial charge in [0.05, 0.1) is 0 Å². The van der Waals surface area contributed by atoms with Crippen LogP contribution in [0.4, 0.5) is 0 Å². The fourth-order valence-electron chi connectivity index (χ4n) is 1.87. The van der Waals surface area contributed by atoms with Crippen molar-refractivity contribution in [2.24, 2.45) is 0 Å². The van der Waals surface area contributed by atoms with Gasteiger partial charge in [0.2, 0.25) is 0 Å². The first-order valence-electron chi connectivity index (χ1n) is 5.24. The van der Waals surface area contributed by atoms with E-state index in [-0.39, 0.29) is 11.3 Å². The summed E-state index contributed by atoms with van der Waals surface area (Å²) in [6, 6.07) is 8.10. The fourth-order valence-corrected chi connectivity index (χ4v) is 5.23. The molecule has 0 saturated carbocycles. The zero-order valence-corrected chi connectivity index (χ0v) is 12.7. The van der Waals surface area contributed by atoms with Crippen LogP contribution in [0.1, 0.15) is 27.7 Å². The van der Waals surface area contributed by atoms with Crippen LogP contribution in [-0.2, 0) is 4.57 Å². The summed E-state index contributed by atoms with van der Waals surface area (Å²) in [4.78, 5) is 0. The van der Waals surface area contributed by atoms with Crippen LogP contribution in [0, 0.1) is 3.57 Å². The van der Waals surface area contributed by atoms with Gasteiger partial charge in [-0.2, -0.15) is 0 Å². The third-order valence-electron chi connectivity index (χ3n) is 2.76. The monoisotopic (exact) mass is 336 g/mol. The minimum Gasteiger partial charge on any atom is -0.318 e. The third kappa shape index (κ3) is 2.65. The molecule has 0 aliphatic carbocycles. The predicted molar refractivity (Wildman–Crippen MR) is 76.7 cm³/mol. The molecule has 1 aromatic carbocycles. The van der Waals surface area contributed by atoms with Crippen LogP contribution in [-0.4, -0.2) is 11.3 Å². The zero-order chi connectivity index (χ0) is 11.6. The second kappa shape index (κ2) is 5.01. The van der Waals surface area contributed by atoms with E-state index in [9.17, 15) is 4.57 Å². The lowest BCUT2D eigenvalue weighted by atomic mass is 10.4. The third-order valence-corrected chi connectivity index (χ3v) is 7.66. The smallest absolute Gasteiger partial charge is 0.120 e. The predicted octanol–water partition coefficient (Wildman–Crippen LogP) is 4.10. The average molecular weight is 336 g/mol. The zero-order valence-electron chi connectivity index (χ0n) is 9.70. The van der Waals surface area contributed by atoms with E-state index in [1.54, 1.807) is 0 Å². The highest BCUT2D eigenvalue weighted by Crippen LogP contribution is 2.53. The number of benzene rings is 1. The Morgan fingerprint density at radius 3 is 1.73 bits per heavy atom. The maximum atomic E-state index is 12.9. The Morgan fingerprint density at radius 2 is 1.40 bits per heavy atom. The van der Waals surface area contributed by atoms with Gasteiger partial charge in [0, 0.05) is 20.2 Å². The molecule has 15 heavy (non-hydrogen) atoms. The van der Waals surface area contributed by atoms with Crippen LogP contribution in [0.15, 0.2) is 24.3 Å². The van der Waals surface area contributed by atoms with Gasteiger partial charge in [0.25, 0.3) is 0 Å².